The normalized spacial score (nSPS) is 10.5. The van der Waals surface area contributed by atoms with E-state index in [1.165, 1.54) is 11.1 Å². The number of nitrogens with one attached hydrogen (secondary N) is 1. The Hall–Kier alpha value is -2.16. The summed E-state index contributed by atoms with van der Waals surface area (Å²) in [4.78, 5) is 0. The predicted octanol–water partition coefficient (Wildman–Crippen LogP) is 4.44. The summed E-state index contributed by atoms with van der Waals surface area (Å²) in [6.07, 6.45) is 0. The second-order valence-electron chi connectivity index (χ2n) is 5.32. The van der Waals surface area contributed by atoms with Crippen molar-refractivity contribution in [1.82, 2.24) is 0 Å². The second kappa shape index (κ2) is 7.02. The Balaban J connectivity index is 2.05. The van der Waals surface area contributed by atoms with Crippen molar-refractivity contribution in [2.75, 3.05) is 19.5 Å². The van der Waals surface area contributed by atoms with Gasteiger partial charge in [-0.1, -0.05) is 38.1 Å². The maximum atomic E-state index is 5.38. The van der Waals surface area contributed by atoms with E-state index in [9.17, 15) is 0 Å². The van der Waals surface area contributed by atoms with E-state index in [0.717, 1.165) is 23.7 Å². The summed E-state index contributed by atoms with van der Waals surface area (Å²) < 4.78 is 10.6. The Morgan fingerprint density at radius 2 is 1.67 bits per heavy atom. The molecule has 0 spiro atoms. The Morgan fingerprint density at radius 1 is 0.952 bits per heavy atom. The van der Waals surface area contributed by atoms with Crippen molar-refractivity contribution in [2.45, 2.75) is 26.3 Å². The summed E-state index contributed by atoms with van der Waals surface area (Å²) in [5, 5.41) is 3.40. The summed E-state index contributed by atoms with van der Waals surface area (Å²) in [5.41, 5.74) is 3.57. The zero-order valence-corrected chi connectivity index (χ0v) is 13.1. The van der Waals surface area contributed by atoms with Crippen LogP contribution in [0, 0.1) is 0 Å². The van der Waals surface area contributed by atoms with Crippen LogP contribution in [0.15, 0.2) is 42.5 Å². The molecule has 0 aromatic heterocycles. The van der Waals surface area contributed by atoms with E-state index < -0.39 is 0 Å². The highest BCUT2D eigenvalue weighted by molar-refractivity contribution is 5.59. The van der Waals surface area contributed by atoms with E-state index in [4.69, 9.17) is 9.47 Å². The van der Waals surface area contributed by atoms with Gasteiger partial charge < -0.3 is 14.8 Å². The Bertz CT molecular complexity index is 576. The number of ether oxygens (including phenoxy) is 2. The molecular weight excluding hydrogens is 262 g/mol. The first-order valence-corrected chi connectivity index (χ1v) is 7.18. The lowest BCUT2D eigenvalue weighted by Gasteiger charge is -2.13. The number of hydrogen-bond donors (Lipinski definition) is 1. The van der Waals surface area contributed by atoms with E-state index in [1.54, 1.807) is 14.2 Å². The van der Waals surface area contributed by atoms with E-state index in [2.05, 4.69) is 43.4 Å². The molecule has 0 unspecified atom stereocenters. The van der Waals surface area contributed by atoms with Gasteiger partial charge in [0.05, 0.1) is 19.9 Å². The molecule has 0 aliphatic heterocycles. The monoisotopic (exact) mass is 285 g/mol. The van der Waals surface area contributed by atoms with Crippen molar-refractivity contribution < 1.29 is 9.47 Å². The first-order valence-electron chi connectivity index (χ1n) is 7.18. The van der Waals surface area contributed by atoms with Gasteiger partial charge in [0.1, 0.15) is 11.5 Å². The van der Waals surface area contributed by atoms with Crippen molar-refractivity contribution >= 4 is 5.69 Å². The molecule has 0 aliphatic carbocycles. The van der Waals surface area contributed by atoms with Crippen molar-refractivity contribution in [2.24, 2.45) is 0 Å². The van der Waals surface area contributed by atoms with Gasteiger partial charge in [-0.25, -0.2) is 0 Å². The van der Waals surface area contributed by atoms with Gasteiger partial charge in [-0.15, -0.1) is 0 Å². The SMILES string of the molecule is COc1ccc(NCc2ccc(C(C)C)cc2)c(OC)c1. The Morgan fingerprint density at radius 3 is 2.24 bits per heavy atom. The lowest BCUT2D eigenvalue weighted by Crippen LogP contribution is -2.02. The molecule has 3 nitrogen and oxygen atoms in total. The Labute approximate surface area is 126 Å². The molecule has 0 saturated heterocycles. The molecule has 21 heavy (non-hydrogen) atoms. The molecule has 0 heterocycles. The molecule has 2 rings (SSSR count). The molecule has 2 aromatic carbocycles. The topological polar surface area (TPSA) is 30.5 Å². The van der Waals surface area contributed by atoms with Crippen molar-refractivity contribution in [1.29, 1.82) is 0 Å². The van der Waals surface area contributed by atoms with Gasteiger partial charge in [-0.05, 0) is 29.2 Å². The van der Waals surface area contributed by atoms with Crippen LogP contribution in [-0.4, -0.2) is 14.2 Å². The van der Waals surface area contributed by atoms with Gasteiger partial charge in [-0.2, -0.15) is 0 Å². The maximum Gasteiger partial charge on any atom is 0.145 e. The quantitative estimate of drug-likeness (QED) is 0.851. The predicted molar refractivity (Wildman–Crippen MR) is 87.4 cm³/mol. The molecule has 2 aromatic rings. The fraction of sp³-hybridized carbons (Fsp3) is 0.333. The molecule has 0 saturated carbocycles. The average Bonchev–Trinajstić information content (AvgIpc) is 2.53. The lowest BCUT2D eigenvalue weighted by molar-refractivity contribution is 0.395. The molecule has 112 valence electrons. The summed E-state index contributed by atoms with van der Waals surface area (Å²) in [7, 11) is 3.32. The van der Waals surface area contributed by atoms with E-state index in [1.807, 2.05) is 18.2 Å². The second-order valence-corrected chi connectivity index (χ2v) is 5.32. The third kappa shape index (κ3) is 3.91. The van der Waals surface area contributed by atoms with Gasteiger partial charge >= 0.3 is 0 Å². The third-order valence-electron chi connectivity index (χ3n) is 3.54. The molecule has 1 N–H and O–H groups in total. The highest BCUT2D eigenvalue weighted by Crippen LogP contribution is 2.29. The van der Waals surface area contributed by atoms with Crippen LogP contribution in [0.4, 0.5) is 5.69 Å². The smallest absolute Gasteiger partial charge is 0.145 e. The van der Waals surface area contributed by atoms with Crippen LogP contribution in [-0.2, 0) is 6.54 Å². The van der Waals surface area contributed by atoms with Crippen LogP contribution in [0.1, 0.15) is 30.9 Å². The van der Waals surface area contributed by atoms with Crippen LogP contribution >= 0.6 is 0 Å². The minimum atomic E-state index is 0.564. The van der Waals surface area contributed by atoms with Crippen LogP contribution in [0.3, 0.4) is 0 Å². The largest absolute Gasteiger partial charge is 0.497 e. The van der Waals surface area contributed by atoms with Crippen LogP contribution in [0.2, 0.25) is 0 Å². The molecule has 0 fully saturated rings. The van der Waals surface area contributed by atoms with Gasteiger partial charge in [0.15, 0.2) is 0 Å². The molecule has 0 bridgehead atoms. The highest BCUT2D eigenvalue weighted by atomic mass is 16.5. The molecule has 0 radical (unpaired) electrons. The first kappa shape index (κ1) is 15.2. The first-order chi connectivity index (χ1) is 10.1. The van der Waals surface area contributed by atoms with Gasteiger partial charge in [0, 0.05) is 12.6 Å². The number of hydrogen-bond acceptors (Lipinski definition) is 3. The summed E-state index contributed by atoms with van der Waals surface area (Å²) in [6, 6.07) is 14.5. The molecule has 3 heteroatoms. The van der Waals surface area contributed by atoms with E-state index in [0.29, 0.717) is 5.92 Å². The van der Waals surface area contributed by atoms with Crippen molar-refractivity contribution in [3.63, 3.8) is 0 Å². The van der Waals surface area contributed by atoms with E-state index >= 15 is 0 Å². The zero-order valence-electron chi connectivity index (χ0n) is 13.1. The van der Waals surface area contributed by atoms with Crippen molar-refractivity contribution in [3.05, 3.63) is 53.6 Å². The summed E-state index contributed by atoms with van der Waals surface area (Å²) in [6.45, 7) is 5.17. The molecule has 0 atom stereocenters. The van der Waals surface area contributed by atoms with Gasteiger partial charge in [0.25, 0.3) is 0 Å². The number of anilines is 1. The summed E-state index contributed by atoms with van der Waals surface area (Å²) in [5.74, 6) is 2.14. The van der Waals surface area contributed by atoms with Crippen LogP contribution in [0.25, 0.3) is 0 Å². The van der Waals surface area contributed by atoms with Crippen molar-refractivity contribution in [3.8, 4) is 11.5 Å². The van der Waals surface area contributed by atoms with Gasteiger partial charge in [-0.3, -0.25) is 0 Å². The molecular formula is C18H23NO2. The fourth-order valence-corrected chi connectivity index (χ4v) is 2.16. The molecule has 0 aliphatic rings. The van der Waals surface area contributed by atoms with Crippen LogP contribution < -0.4 is 14.8 Å². The van der Waals surface area contributed by atoms with E-state index in [-0.39, 0.29) is 0 Å². The minimum absolute atomic E-state index is 0.564. The average molecular weight is 285 g/mol. The lowest BCUT2D eigenvalue weighted by atomic mass is 10.0. The highest BCUT2D eigenvalue weighted by Gasteiger charge is 2.05. The third-order valence-corrected chi connectivity index (χ3v) is 3.54. The number of benzene rings is 2. The number of rotatable bonds is 6. The standard InChI is InChI=1S/C18H23NO2/c1-13(2)15-7-5-14(6-8-15)12-19-17-10-9-16(20-3)11-18(17)21-4/h5-11,13,19H,12H2,1-4H3. The maximum absolute atomic E-state index is 5.38. The zero-order chi connectivity index (χ0) is 15.2. The molecule has 0 amide bonds. The van der Waals surface area contributed by atoms with Gasteiger partial charge in [0.2, 0.25) is 0 Å². The minimum Gasteiger partial charge on any atom is -0.497 e. The Kier molecular flexibility index (Phi) is 5.09. The fourth-order valence-electron chi connectivity index (χ4n) is 2.16. The summed E-state index contributed by atoms with van der Waals surface area (Å²) >= 11 is 0. The van der Waals surface area contributed by atoms with Crippen LogP contribution in [0.5, 0.6) is 11.5 Å². The number of methoxy groups -OCH3 is 2.